The van der Waals surface area contributed by atoms with Crippen molar-refractivity contribution in [2.24, 2.45) is 5.92 Å². The summed E-state index contributed by atoms with van der Waals surface area (Å²) < 4.78 is 5.54. The first-order chi connectivity index (χ1) is 4.47. The molecule has 52 valence electrons. The summed E-state index contributed by atoms with van der Waals surface area (Å²) in [4.78, 5) is 0. The quantitative estimate of drug-likeness (QED) is 0.508. The molecule has 0 aromatic carbocycles. The molecule has 0 saturated carbocycles. The first-order valence-electron chi connectivity index (χ1n) is 3.79. The van der Waals surface area contributed by atoms with Crippen LogP contribution in [0.3, 0.4) is 0 Å². The lowest BCUT2D eigenvalue weighted by Gasteiger charge is -2.24. The van der Waals surface area contributed by atoms with Crippen LogP contribution in [0.4, 0.5) is 0 Å². The van der Waals surface area contributed by atoms with E-state index in [2.05, 4.69) is 5.32 Å². The molecule has 2 heteroatoms. The van der Waals surface area contributed by atoms with Gasteiger partial charge in [0.2, 0.25) is 0 Å². The van der Waals surface area contributed by atoms with Crippen molar-refractivity contribution < 1.29 is 4.74 Å². The van der Waals surface area contributed by atoms with Crippen LogP contribution in [0.25, 0.3) is 0 Å². The molecule has 0 unspecified atom stereocenters. The van der Waals surface area contributed by atoms with Crippen molar-refractivity contribution in [2.45, 2.75) is 18.9 Å². The number of fused-ring (bicyclic) bond motifs is 1. The number of ether oxygens (including phenoxy) is 1. The van der Waals surface area contributed by atoms with Crippen LogP contribution in [0, 0.1) is 5.92 Å². The normalized spacial score (nSPS) is 42.7. The fourth-order valence-electron chi connectivity index (χ4n) is 1.77. The maximum Gasteiger partial charge on any atom is 0.0739 e. The summed E-state index contributed by atoms with van der Waals surface area (Å²) in [6.45, 7) is 3.26. The van der Waals surface area contributed by atoms with E-state index in [4.69, 9.17) is 4.74 Å². The molecule has 0 bridgehead atoms. The Morgan fingerprint density at radius 3 is 3.22 bits per heavy atom. The summed E-state index contributed by atoms with van der Waals surface area (Å²) in [5.74, 6) is 0.832. The van der Waals surface area contributed by atoms with E-state index in [1.165, 1.54) is 19.4 Å². The molecule has 1 N–H and O–H groups in total. The molecule has 2 aliphatic heterocycles. The summed E-state index contributed by atoms with van der Waals surface area (Å²) in [6, 6.07) is 0. The average Bonchev–Trinajstić information content (AvgIpc) is 2.33. The van der Waals surface area contributed by atoms with Gasteiger partial charge in [-0.15, -0.1) is 0 Å². The molecule has 9 heavy (non-hydrogen) atoms. The van der Waals surface area contributed by atoms with Crippen molar-refractivity contribution in [1.29, 1.82) is 0 Å². The summed E-state index contributed by atoms with van der Waals surface area (Å²) in [6.07, 6.45) is 3.19. The van der Waals surface area contributed by atoms with Crippen LogP contribution in [-0.2, 0) is 4.74 Å². The number of hydrogen-bond donors (Lipinski definition) is 1. The molecule has 2 atom stereocenters. The van der Waals surface area contributed by atoms with Crippen molar-refractivity contribution in [3.63, 3.8) is 0 Å². The zero-order chi connectivity index (χ0) is 6.10. The van der Waals surface area contributed by atoms with Crippen molar-refractivity contribution in [1.82, 2.24) is 5.32 Å². The molecule has 2 fully saturated rings. The van der Waals surface area contributed by atoms with Gasteiger partial charge in [0.05, 0.1) is 6.10 Å². The molecule has 0 amide bonds. The third-order valence-corrected chi connectivity index (χ3v) is 2.33. The summed E-state index contributed by atoms with van der Waals surface area (Å²) in [5.41, 5.74) is 0. The molecule has 2 saturated heterocycles. The highest BCUT2D eigenvalue weighted by atomic mass is 16.5. The predicted molar refractivity (Wildman–Crippen MR) is 35.3 cm³/mol. The lowest BCUT2D eigenvalue weighted by atomic mass is 9.98. The average molecular weight is 127 g/mol. The van der Waals surface area contributed by atoms with Crippen LogP contribution in [-0.4, -0.2) is 25.8 Å². The highest BCUT2D eigenvalue weighted by molar-refractivity contribution is 4.83. The minimum absolute atomic E-state index is 0.554. The Bertz CT molecular complexity index is 93.1. The monoisotopic (exact) mass is 127 g/mol. The molecule has 2 rings (SSSR count). The molecule has 2 nitrogen and oxygen atoms in total. The van der Waals surface area contributed by atoms with Gasteiger partial charge in [-0.1, -0.05) is 0 Å². The minimum Gasteiger partial charge on any atom is -0.377 e. The Hall–Kier alpha value is -0.0800. The molecule has 2 aliphatic rings. The highest BCUT2D eigenvalue weighted by Gasteiger charge is 2.29. The van der Waals surface area contributed by atoms with E-state index in [1.54, 1.807) is 0 Å². The smallest absolute Gasteiger partial charge is 0.0739 e. The standard InChI is InChI=1S/C7H13NO/c1-2-6-4-8-5-7(6)9-3-1/h6-8H,1-5H2/t6-,7-/m1/s1. The molecule has 0 spiro atoms. The maximum absolute atomic E-state index is 5.54. The molecular weight excluding hydrogens is 114 g/mol. The van der Waals surface area contributed by atoms with Gasteiger partial charge in [-0.25, -0.2) is 0 Å². The number of nitrogens with one attached hydrogen (secondary N) is 1. The first kappa shape index (κ1) is 5.69. The van der Waals surface area contributed by atoms with Gasteiger partial charge in [0.1, 0.15) is 0 Å². The van der Waals surface area contributed by atoms with Crippen molar-refractivity contribution in [3.8, 4) is 0 Å². The summed E-state index contributed by atoms with van der Waals surface area (Å²) >= 11 is 0. The van der Waals surface area contributed by atoms with E-state index in [0.29, 0.717) is 6.10 Å². The van der Waals surface area contributed by atoms with E-state index >= 15 is 0 Å². The van der Waals surface area contributed by atoms with Crippen molar-refractivity contribution in [2.75, 3.05) is 19.7 Å². The summed E-state index contributed by atoms with van der Waals surface area (Å²) in [7, 11) is 0. The predicted octanol–water partition coefficient (Wildman–Crippen LogP) is 0.385. The van der Waals surface area contributed by atoms with Gasteiger partial charge < -0.3 is 10.1 Å². The Morgan fingerprint density at radius 1 is 1.33 bits per heavy atom. The van der Waals surface area contributed by atoms with Gasteiger partial charge in [-0.05, 0) is 18.8 Å². The lowest BCUT2D eigenvalue weighted by Crippen LogP contribution is -2.27. The van der Waals surface area contributed by atoms with Gasteiger partial charge in [0.25, 0.3) is 0 Å². The molecule has 0 aromatic heterocycles. The SMILES string of the molecule is C1CO[C@@H]2CNC[C@H]2C1. The van der Waals surface area contributed by atoms with E-state index in [0.717, 1.165) is 19.1 Å². The van der Waals surface area contributed by atoms with Crippen molar-refractivity contribution >= 4 is 0 Å². The molecule has 2 heterocycles. The molecular formula is C7H13NO. The fraction of sp³-hybridized carbons (Fsp3) is 1.00. The third-order valence-electron chi connectivity index (χ3n) is 2.33. The van der Waals surface area contributed by atoms with Crippen LogP contribution in [0.15, 0.2) is 0 Å². The van der Waals surface area contributed by atoms with Gasteiger partial charge in [0, 0.05) is 19.7 Å². The van der Waals surface area contributed by atoms with E-state index in [9.17, 15) is 0 Å². The van der Waals surface area contributed by atoms with E-state index < -0.39 is 0 Å². The minimum atomic E-state index is 0.554. The largest absolute Gasteiger partial charge is 0.377 e. The van der Waals surface area contributed by atoms with Gasteiger partial charge >= 0.3 is 0 Å². The van der Waals surface area contributed by atoms with Crippen LogP contribution >= 0.6 is 0 Å². The van der Waals surface area contributed by atoms with Gasteiger partial charge in [0.15, 0.2) is 0 Å². The van der Waals surface area contributed by atoms with Crippen LogP contribution < -0.4 is 5.32 Å². The molecule has 0 aromatic rings. The first-order valence-corrected chi connectivity index (χ1v) is 3.79. The second-order valence-corrected chi connectivity index (χ2v) is 2.97. The second-order valence-electron chi connectivity index (χ2n) is 2.97. The van der Waals surface area contributed by atoms with Crippen LogP contribution in [0.1, 0.15) is 12.8 Å². The Labute approximate surface area is 55.6 Å². The number of hydrogen-bond acceptors (Lipinski definition) is 2. The van der Waals surface area contributed by atoms with Crippen LogP contribution in [0.2, 0.25) is 0 Å². The van der Waals surface area contributed by atoms with E-state index in [1.807, 2.05) is 0 Å². The van der Waals surface area contributed by atoms with E-state index in [-0.39, 0.29) is 0 Å². The molecule has 0 radical (unpaired) electrons. The Balaban J connectivity index is 1.97. The van der Waals surface area contributed by atoms with Crippen molar-refractivity contribution in [3.05, 3.63) is 0 Å². The maximum atomic E-state index is 5.54. The topological polar surface area (TPSA) is 21.3 Å². The zero-order valence-corrected chi connectivity index (χ0v) is 5.60. The fourth-order valence-corrected chi connectivity index (χ4v) is 1.77. The summed E-state index contributed by atoms with van der Waals surface area (Å²) in [5, 5.41) is 3.34. The molecule has 0 aliphatic carbocycles. The second kappa shape index (κ2) is 2.27. The van der Waals surface area contributed by atoms with Gasteiger partial charge in [-0.3, -0.25) is 0 Å². The van der Waals surface area contributed by atoms with Crippen LogP contribution in [0.5, 0.6) is 0 Å². The third kappa shape index (κ3) is 0.970. The Morgan fingerprint density at radius 2 is 2.33 bits per heavy atom. The van der Waals surface area contributed by atoms with Gasteiger partial charge in [-0.2, -0.15) is 0 Å². The highest BCUT2D eigenvalue weighted by Crippen LogP contribution is 2.22. The zero-order valence-electron chi connectivity index (χ0n) is 5.60. The lowest BCUT2D eigenvalue weighted by molar-refractivity contribution is 0.000755. The Kier molecular flexibility index (Phi) is 1.44. The number of rotatable bonds is 0.